The van der Waals surface area contributed by atoms with Gasteiger partial charge >= 0.3 is 0 Å². The predicted octanol–water partition coefficient (Wildman–Crippen LogP) is 6.89. The molecular weight excluding hydrogens is 462 g/mol. The van der Waals surface area contributed by atoms with Crippen molar-refractivity contribution in [2.45, 2.75) is 21.1 Å². The maximum atomic E-state index is 5.86. The van der Waals surface area contributed by atoms with Crippen molar-refractivity contribution in [3.05, 3.63) is 6.92 Å². The molecule has 11 heteroatoms. The summed E-state index contributed by atoms with van der Waals surface area (Å²) in [5.41, 5.74) is 0. The summed E-state index contributed by atoms with van der Waals surface area (Å²) < 4.78 is -11.6. The van der Waals surface area contributed by atoms with Crippen LogP contribution in [0.1, 0.15) is 0 Å². The van der Waals surface area contributed by atoms with Crippen LogP contribution in [0.25, 0.3) is 0 Å². The lowest BCUT2D eigenvalue weighted by Crippen LogP contribution is -2.61. The van der Waals surface area contributed by atoms with Crippen LogP contribution < -0.4 is 0 Å². The number of alkyl halides is 11. The van der Waals surface area contributed by atoms with E-state index in [-0.39, 0.29) is 0 Å². The molecule has 0 unspecified atom stereocenters. The monoisotopic (exact) mass is 459 g/mol. The number of rotatable bonds is 3. The Hall–Kier alpha value is 3.19. The number of hydrogen-bond donors (Lipinski definition) is 0. The molecule has 0 saturated carbocycles. The van der Waals surface area contributed by atoms with E-state index in [1.807, 2.05) is 0 Å². The van der Waals surface area contributed by atoms with E-state index < -0.39 is 21.1 Å². The average molecular weight is 464 g/mol. The van der Waals surface area contributed by atoms with Gasteiger partial charge < -0.3 is 0 Å². The molecule has 0 aromatic rings. The van der Waals surface area contributed by atoms with E-state index in [1.54, 1.807) is 0 Å². The van der Waals surface area contributed by atoms with Gasteiger partial charge in [-0.15, -0.1) is 0 Å². The Labute approximate surface area is 154 Å². The number of hydrogen-bond acceptors (Lipinski definition) is 0. The zero-order valence-electron chi connectivity index (χ0n) is 7.36. The van der Waals surface area contributed by atoms with Gasteiger partial charge in [0.05, 0.1) is 0 Å². The van der Waals surface area contributed by atoms with Gasteiger partial charge in [0, 0.05) is 0 Å². The maximum absolute atomic E-state index is 5.86. The Morgan fingerprint density at radius 3 is 0.941 bits per heavy atom. The molecule has 0 rings (SSSR count). The summed E-state index contributed by atoms with van der Waals surface area (Å²) >= 11 is 62.9. The molecule has 0 spiro atoms. The first kappa shape index (κ1) is 20.2. The zero-order chi connectivity index (χ0) is 14.5. The lowest BCUT2D eigenvalue weighted by atomic mass is 10.1. The smallest absolute Gasteiger partial charge is 0.0982 e. The van der Waals surface area contributed by atoms with Gasteiger partial charge in [0.1, 0.15) is 0 Å². The summed E-state index contributed by atoms with van der Waals surface area (Å²) in [6.45, 7) is 3.26. The Morgan fingerprint density at radius 1 is 0.471 bits per heavy atom. The van der Waals surface area contributed by atoms with Gasteiger partial charge in [0.2, 0.25) is 8.13 Å². The van der Waals surface area contributed by atoms with Crippen LogP contribution in [0.4, 0.5) is 0 Å². The molecule has 0 nitrogen and oxygen atoms in total. The fourth-order valence-electron chi connectivity index (χ4n) is 0.605. The van der Waals surface area contributed by atoms with Gasteiger partial charge in [-0.2, -0.15) is 0 Å². The van der Waals surface area contributed by atoms with Crippen LogP contribution in [0, 0.1) is 6.92 Å². The van der Waals surface area contributed by atoms with Gasteiger partial charge in [-0.25, -0.2) is 0 Å². The van der Waals surface area contributed by atoms with Gasteiger partial charge in [-0.3, -0.25) is 0 Å². The van der Waals surface area contributed by atoms with E-state index in [0.29, 0.717) is 0 Å². The zero-order valence-corrected chi connectivity index (χ0v) is 15.7. The highest BCUT2D eigenvalue weighted by molar-refractivity contribution is 6.81. The normalized spacial score (nSPS) is 16.2. The van der Waals surface area contributed by atoms with Crippen LogP contribution in [0.3, 0.4) is 0 Å². The molecule has 103 valence electrons. The third kappa shape index (κ3) is 3.69. The van der Waals surface area contributed by atoms with Gasteiger partial charge in [0.25, 0.3) is 0 Å². The molecule has 17 heavy (non-hydrogen) atoms. The SMILES string of the molecule is [CH2]C(Cl)(Cl)C(Cl)(Cl)C(Cl)(Cl)C(Cl)(Cl)C(Cl)(Cl)Cl. The Bertz CT molecular complexity index is 251. The third-order valence-corrected chi connectivity index (χ3v) is 8.24. The predicted molar refractivity (Wildman–Crippen MR) is 83.4 cm³/mol. The lowest BCUT2D eigenvalue weighted by Gasteiger charge is -2.47. The maximum Gasteiger partial charge on any atom is 0.226 e. The molecule has 0 heterocycles. The summed E-state index contributed by atoms with van der Waals surface area (Å²) in [4.78, 5) is 0. The fourth-order valence-corrected chi connectivity index (χ4v) is 3.16. The Kier molecular flexibility index (Phi) is 6.85. The molecule has 0 aliphatic carbocycles. The van der Waals surface area contributed by atoms with Crippen molar-refractivity contribution >= 4 is 128 Å². The first-order valence-electron chi connectivity index (χ1n) is 3.43. The van der Waals surface area contributed by atoms with Crippen LogP contribution in [-0.4, -0.2) is 21.1 Å². The van der Waals surface area contributed by atoms with Crippen LogP contribution in [0.2, 0.25) is 0 Å². The second kappa shape index (κ2) is 5.76. The van der Waals surface area contributed by atoms with Crippen molar-refractivity contribution < 1.29 is 0 Å². The van der Waals surface area contributed by atoms with Gasteiger partial charge in [0.15, 0.2) is 13.0 Å². The van der Waals surface area contributed by atoms with Crippen LogP contribution in [0.15, 0.2) is 0 Å². The molecule has 0 N–H and O–H groups in total. The molecule has 0 aliphatic heterocycles. The second-order valence-corrected chi connectivity index (χ2v) is 10.7. The first-order valence-corrected chi connectivity index (χ1v) is 7.59. The summed E-state index contributed by atoms with van der Waals surface area (Å²) in [6.07, 6.45) is 0. The lowest BCUT2D eigenvalue weighted by molar-refractivity contribution is 0.567. The van der Waals surface area contributed by atoms with Crippen LogP contribution in [-0.2, 0) is 0 Å². The fraction of sp³-hybridized carbons (Fsp3) is 0.833. The summed E-state index contributed by atoms with van der Waals surface area (Å²) in [7, 11) is 0. The molecule has 0 aliphatic rings. The largest absolute Gasteiger partial charge is 0.226 e. The van der Waals surface area contributed by atoms with Crippen molar-refractivity contribution in [2.24, 2.45) is 0 Å². The highest BCUT2D eigenvalue weighted by Crippen LogP contribution is 2.65. The van der Waals surface area contributed by atoms with E-state index in [9.17, 15) is 0 Å². The summed E-state index contributed by atoms with van der Waals surface area (Å²) in [5.74, 6) is 0. The standard InChI is InChI=1S/C6H2Cl11/c1-2(7,8)3(9,10)4(11,12)5(13,14)6(15,16)17/h1H2. The molecule has 0 amide bonds. The summed E-state index contributed by atoms with van der Waals surface area (Å²) in [6, 6.07) is 0. The molecule has 0 aromatic carbocycles. The Balaban J connectivity index is 5.73. The topological polar surface area (TPSA) is 0 Å². The van der Waals surface area contributed by atoms with E-state index in [0.717, 1.165) is 0 Å². The van der Waals surface area contributed by atoms with Crippen molar-refractivity contribution in [1.82, 2.24) is 0 Å². The van der Waals surface area contributed by atoms with E-state index >= 15 is 0 Å². The van der Waals surface area contributed by atoms with Crippen molar-refractivity contribution in [2.75, 3.05) is 0 Å². The minimum atomic E-state index is -2.46. The van der Waals surface area contributed by atoms with Crippen LogP contribution >= 0.6 is 128 Å². The molecule has 0 fully saturated rings. The molecule has 0 bridgehead atoms. The van der Waals surface area contributed by atoms with E-state index in [4.69, 9.17) is 128 Å². The van der Waals surface area contributed by atoms with Crippen molar-refractivity contribution in [3.63, 3.8) is 0 Å². The molecular formula is C6H2Cl11. The van der Waals surface area contributed by atoms with E-state index in [1.165, 1.54) is 0 Å². The first-order chi connectivity index (χ1) is 7.00. The third-order valence-electron chi connectivity index (χ3n) is 1.60. The Morgan fingerprint density at radius 2 is 0.765 bits per heavy atom. The quantitative estimate of drug-likeness (QED) is 0.400. The van der Waals surface area contributed by atoms with Crippen LogP contribution in [0.5, 0.6) is 0 Å². The van der Waals surface area contributed by atoms with Gasteiger partial charge in [-0.1, -0.05) is 128 Å². The van der Waals surface area contributed by atoms with Crippen molar-refractivity contribution in [3.8, 4) is 0 Å². The molecule has 0 saturated heterocycles. The van der Waals surface area contributed by atoms with E-state index in [2.05, 4.69) is 6.92 Å². The number of halogens is 11. The minimum Gasteiger partial charge on any atom is -0.0982 e. The minimum absolute atomic E-state index is 2.08. The highest BCUT2D eigenvalue weighted by atomic mass is 35.6. The van der Waals surface area contributed by atoms with Gasteiger partial charge in [-0.05, 0) is 6.92 Å². The molecule has 1 radical (unpaired) electrons. The summed E-state index contributed by atoms with van der Waals surface area (Å²) in [5, 5.41) is 0. The molecule has 0 aromatic heterocycles. The van der Waals surface area contributed by atoms with Crippen molar-refractivity contribution in [1.29, 1.82) is 0 Å². The average Bonchev–Trinajstić information content (AvgIpc) is 1.98. The molecule has 0 atom stereocenters. The second-order valence-electron chi connectivity index (χ2n) is 2.93. The highest BCUT2D eigenvalue weighted by Gasteiger charge is 2.72.